The predicted molar refractivity (Wildman–Crippen MR) is 128 cm³/mol. The summed E-state index contributed by atoms with van der Waals surface area (Å²) in [5.41, 5.74) is 0.243. The molecule has 2 rings (SSSR count). The number of rotatable bonds is 9. The number of nitrogens with one attached hydrogen (secondary N) is 1. The predicted octanol–water partition coefficient (Wildman–Crippen LogP) is 3.84. The van der Waals surface area contributed by atoms with Gasteiger partial charge in [-0.2, -0.15) is 0 Å². The molecule has 11 heteroatoms. The number of benzene rings is 2. The first kappa shape index (κ1) is 26.9. The molecule has 1 atom stereocenters. The molecule has 0 radical (unpaired) electrons. The highest BCUT2D eigenvalue weighted by atomic mass is 35.5. The van der Waals surface area contributed by atoms with Crippen molar-refractivity contribution in [3.8, 4) is 0 Å². The molecule has 7 nitrogen and oxygen atoms in total. The molecule has 0 bridgehead atoms. The van der Waals surface area contributed by atoms with Gasteiger partial charge in [-0.1, -0.05) is 41.4 Å². The van der Waals surface area contributed by atoms with Gasteiger partial charge in [0.1, 0.15) is 18.4 Å². The quantitative estimate of drug-likeness (QED) is 0.547. The summed E-state index contributed by atoms with van der Waals surface area (Å²) in [6, 6.07) is 8.80. The second-order valence-corrected chi connectivity index (χ2v) is 10.6. The summed E-state index contributed by atoms with van der Waals surface area (Å²) in [6.07, 6.45) is 0.877. The van der Waals surface area contributed by atoms with Gasteiger partial charge in [-0.3, -0.25) is 13.9 Å². The molecule has 0 spiro atoms. The molecule has 0 aliphatic rings. The van der Waals surface area contributed by atoms with Crippen LogP contribution in [0.25, 0.3) is 0 Å². The molecule has 0 aliphatic heterocycles. The van der Waals surface area contributed by atoms with Crippen molar-refractivity contribution in [2.24, 2.45) is 0 Å². The lowest BCUT2D eigenvalue weighted by Gasteiger charge is -2.32. The summed E-state index contributed by atoms with van der Waals surface area (Å²) in [5, 5.41) is 3.41. The van der Waals surface area contributed by atoms with Crippen LogP contribution in [0.1, 0.15) is 26.3 Å². The van der Waals surface area contributed by atoms with E-state index in [1.165, 1.54) is 36.1 Å². The molecular formula is C22H26Cl2FN3O4S. The lowest BCUT2D eigenvalue weighted by Crippen LogP contribution is -2.52. The van der Waals surface area contributed by atoms with Crippen LogP contribution in [-0.2, 0) is 26.2 Å². The van der Waals surface area contributed by atoms with Gasteiger partial charge in [0.2, 0.25) is 21.8 Å². The summed E-state index contributed by atoms with van der Waals surface area (Å²) in [5.74, 6) is -1.94. The van der Waals surface area contributed by atoms with Crippen LogP contribution in [0.5, 0.6) is 0 Å². The molecule has 0 aromatic heterocycles. The van der Waals surface area contributed by atoms with Crippen molar-refractivity contribution >= 4 is 50.7 Å². The molecule has 2 amide bonds. The minimum Gasteiger partial charge on any atom is -0.352 e. The van der Waals surface area contributed by atoms with Crippen LogP contribution < -0.4 is 9.62 Å². The van der Waals surface area contributed by atoms with Gasteiger partial charge in [-0.05, 0) is 50.6 Å². The molecule has 2 aromatic carbocycles. The number of anilines is 1. The van der Waals surface area contributed by atoms with E-state index in [4.69, 9.17) is 23.2 Å². The Bertz CT molecular complexity index is 1130. The maximum atomic E-state index is 14.4. The van der Waals surface area contributed by atoms with Crippen LogP contribution >= 0.6 is 23.2 Å². The van der Waals surface area contributed by atoms with E-state index in [2.05, 4.69) is 5.32 Å². The number of carbonyl (C=O) groups is 2. The van der Waals surface area contributed by atoms with Crippen LogP contribution in [0.2, 0.25) is 10.0 Å². The number of nitrogens with zero attached hydrogens (tertiary/aromatic N) is 2. The van der Waals surface area contributed by atoms with Gasteiger partial charge in [0.05, 0.1) is 11.9 Å². The van der Waals surface area contributed by atoms with Crippen molar-refractivity contribution in [2.45, 2.75) is 39.4 Å². The van der Waals surface area contributed by atoms with E-state index in [0.717, 1.165) is 12.3 Å². The molecular weight excluding hydrogens is 492 g/mol. The number of sulfonamides is 1. The van der Waals surface area contributed by atoms with Crippen LogP contribution in [0.15, 0.2) is 42.5 Å². The fourth-order valence-corrected chi connectivity index (χ4v) is 4.39. The second-order valence-electron chi connectivity index (χ2n) is 7.82. The molecule has 0 saturated carbocycles. The average molecular weight is 518 g/mol. The minimum atomic E-state index is -4.02. The van der Waals surface area contributed by atoms with Gasteiger partial charge < -0.3 is 10.2 Å². The van der Waals surface area contributed by atoms with Crippen molar-refractivity contribution in [1.82, 2.24) is 10.2 Å². The summed E-state index contributed by atoms with van der Waals surface area (Å²) >= 11 is 12.2. The SMILES string of the molecule is CC(C)NC(=O)C(C)N(Cc1ccc(Cl)cc1Cl)C(=O)CN(c1ccccc1F)S(C)(=O)=O. The number of hydrogen-bond acceptors (Lipinski definition) is 4. The molecule has 1 N–H and O–H groups in total. The fourth-order valence-electron chi connectivity index (χ4n) is 3.07. The number of hydrogen-bond donors (Lipinski definition) is 1. The topological polar surface area (TPSA) is 86.8 Å². The third kappa shape index (κ3) is 7.31. The van der Waals surface area contributed by atoms with E-state index in [9.17, 15) is 22.4 Å². The van der Waals surface area contributed by atoms with Crippen molar-refractivity contribution in [1.29, 1.82) is 0 Å². The van der Waals surface area contributed by atoms with Gasteiger partial charge in [0.25, 0.3) is 0 Å². The third-order valence-electron chi connectivity index (χ3n) is 4.75. The van der Waals surface area contributed by atoms with Gasteiger partial charge >= 0.3 is 0 Å². The summed E-state index contributed by atoms with van der Waals surface area (Å²) in [7, 11) is -4.02. The Morgan fingerprint density at radius 2 is 1.73 bits per heavy atom. The van der Waals surface area contributed by atoms with Crippen LogP contribution in [0, 0.1) is 5.82 Å². The molecule has 0 fully saturated rings. The number of para-hydroxylation sites is 1. The van der Waals surface area contributed by atoms with Crippen molar-refractivity contribution in [2.75, 3.05) is 17.1 Å². The van der Waals surface area contributed by atoms with E-state index >= 15 is 0 Å². The first-order valence-electron chi connectivity index (χ1n) is 10.1. The van der Waals surface area contributed by atoms with E-state index in [0.29, 0.717) is 14.9 Å². The zero-order valence-corrected chi connectivity index (χ0v) is 21.0. The first-order chi connectivity index (χ1) is 15.3. The Labute approximate surface area is 203 Å². The molecule has 0 heterocycles. The normalized spacial score (nSPS) is 12.4. The summed E-state index contributed by atoms with van der Waals surface area (Å²) in [4.78, 5) is 27.2. The maximum Gasteiger partial charge on any atom is 0.244 e. The van der Waals surface area contributed by atoms with Gasteiger partial charge in [-0.15, -0.1) is 0 Å². The van der Waals surface area contributed by atoms with E-state index in [-0.39, 0.29) is 23.3 Å². The van der Waals surface area contributed by atoms with E-state index in [1.54, 1.807) is 26.0 Å². The Morgan fingerprint density at radius 3 is 2.27 bits per heavy atom. The van der Waals surface area contributed by atoms with Gasteiger partial charge in [0, 0.05) is 22.6 Å². The zero-order chi connectivity index (χ0) is 24.9. The molecule has 2 aromatic rings. The maximum absolute atomic E-state index is 14.4. The molecule has 180 valence electrons. The molecule has 1 unspecified atom stereocenters. The monoisotopic (exact) mass is 517 g/mol. The standard InChI is InChI=1S/C22H26Cl2FN3O4S/c1-14(2)26-22(30)15(3)27(12-16-9-10-17(23)11-18(16)24)21(29)13-28(33(4,31)32)20-8-6-5-7-19(20)25/h5-11,14-15H,12-13H2,1-4H3,(H,26,30). The third-order valence-corrected chi connectivity index (χ3v) is 6.47. The Morgan fingerprint density at radius 1 is 1.09 bits per heavy atom. The first-order valence-corrected chi connectivity index (χ1v) is 12.7. The van der Waals surface area contributed by atoms with Gasteiger partial charge in [0.15, 0.2) is 0 Å². The summed E-state index contributed by atoms with van der Waals surface area (Å²) in [6.45, 7) is 4.28. The van der Waals surface area contributed by atoms with Crippen LogP contribution in [0.3, 0.4) is 0 Å². The Hall–Kier alpha value is -2.36. The number of amides is 2. The molecule has 0 saturated heterocycles. The lowest BCUT2D eigenvalue weighted by molar-refractivity contribution is -0.139. The van der Waals surface area contributed by atoms with E-state index in [1.807, 2.05) is 0 Å². The number of carbonyl (C=O) groups excluding carboxylic acids is 2. The van der Waals surface area contributed by atoms with Crippen molar-refractivity contribution in [3.05, 3.63) is 63.9 Å². The number of halogens is 3. The second kappa shape index (κ2) is 11.2. The lowest BCUT2D eigenvalue weighted by atomic mass is 10.1. The summed E-state index contributed by atoms with van der Waals surface area (Å²) < 4.78 is 39.9. The highest BCUT2D eigenvalue weighted by molar-refractivity contribution is 7.92. The largest absolute Gasteiger partial charge is 0.352 e. The van der Waals surface area contributed by atoms with Crippen LogP contribution in [-0.4, -0.2) is 50.0 Å². The average Bonchev–Trinajstić information content (AvgIpc) is 2.70. The van der Waals surface area contributed by atoms with E-state index < -0.39 is 40.2 Å². The Kier molecular flexibility index (Phi) is 9.11. The minimum absolute atomic E-state index is 0.0869. The highest BCUT2D eigenvalue weighted by Gasteiger charge is 2.31. The fraction of sp³-hybridized carbons (Fsp3) is 0.364. The highest BCUT2D eigenvalue weighted by Crippen LogP contribution is 2.25. The van der Waals surface area contributed by atoms with Crippen molar-refractivity contribution in [3.63, 3.8) is 0 Å². The zero-order valence-electron chi connectivity index (χ0n) is 18.7. The van der Waals surface area contributed by atoms with Crippen molar-refractivity contribution < 1.29 is 22.4 Å². The molecule has 33 heavy (non-hydrogen) atoms. The van der Waals surface area contributed by atoms with Gasteiger partial charge in [-0.25, -0.2) is 12.8 Å². The van der Waals surface area contributed by atoms with Crippen LogP contribution in [0.4, 0.5) is 10.1 Å². The Balaban J connectivity index is 2.44. The smallest absolute Gasteiger partial charge is 0.244 e. The molecule has 0 aliphatic carbocycles.